The molecule has 0 radical (unpaired) electrons. The standard InChI is InChI=1S/C12H18N6O6/c1-12(2)23-5-6(22-10(7(5)24-12)16-11(13)21)9(20)15-8(19)4-3-14-18-17-4/h3,5-7,9-10,20H,1-2H3,(H,15,19)(H3,13,16,21)(H,14,17,18)/t5-,6+,7-,9-,10-/m1/s1. The minimum Gasteiger partial charge on any atom is -0.371 e. The molecule has 132 valence electrons. The minimum absolute atomic E-state index is 0.000622. The van der Waals surface area contributed by atoms with E-state index in [9.17, 15) is 14.7 Å². The van der Waals surface area contributed by atoms with Crippen LogP contribution in [0.5, 0.6) is 0 Å². The second kappa shape index (κ2) is 5.98. The summed E-state index contributed by atoms with van der Waals surface area (Å²) in [6, 6.07) is -0.811. The van der Waals surface area contributed by atoms with Crippen molar-refractivity contribution < 1.29 is 28.9 Å². The lowest BCUT2D eigenvalue weighted by atomic mass is 10.1. The summed E-state index contributed by atoms with van der Waals surface area (Å²) < 4.78 is 16.9. The van der Waals surface area contributed by atoms with Crippen molar-refractivity contribution in [1.29, 1.82) is 0 Å². The molecule has 3 rings (SSSR count). The van der Waals surface area contributed by atoms with Crippen molar-refractivity contribution in [3.8, 4) is 0 Å². The van der Waals surface area contributed by atoms with Gasteiger partial charge in [0.1, 0.15) is 18.3 Å². The van der Waals surface area contributed by atoms with Crippen molar-refractivity contribution >= 4 is 11.9 Å². The summed E-state index contributed by atoms with van der Waals surface area (Å²) in [6.07, 6.45) is -3.53. The fourth-order valence-electron chi connectivity index (χ4n) is 2.74. The molecule has 3 amide bonds. The van der Waals surface area contributed by atoms with Crippen LogP contribution in [0.25, 0.3) is 0 Å². The molecule has 2 aliphatic rings. The van der Waals surface area contributed by atoms with Crippen LogP contribution in [-0.4, -0.2) is 69.0 Å². The number of hydrogen-bond acceptors (Lipinski definition) is 8. The highest BCUT2D eigenvalue weighted by Gasteiger charge is 2.57. The maximum absolute atomic E-state index is 11.9. The van der Waals surface area contributed by atoms with Gasteiger partial charge in [-0.25, -0.2) is 4.79 Å². The minimum atomic E-state index is -1.43. The number of carbonyl (C=O) groups excluding carboxylic acids is 2. The molecule has 12 heteroatoms. The van der Waals surface area contributed by atoms with Crippen LogP contribution in [0.15, 0.2) is 6.20 Å². The van der Waals surface area contributed by atoms with Gasteiger partial charge >= 0.3 is 6.03 Å². The first-order valence-electron chi connectivity index (χ1n) is 7.18. The fraction of sp³-hybridized carbons (Fsp3) is 0.667. The summed E-state index contributed by atoms with van der Waals surface area (Å²) >= 11 is 0. The molecular formula is C12H18N6O6. The quantitative estimate of drug-likeness (QED) is 0.382. The molecule has 5 atom stereocenters. The van der Waals surface area contributed by atoms with Gasteiger partial charge in [-0.1, -0.05) is 0 Å². The van der Waals surface area contributed by atoms with Gasteiger partial charge in [0.25, 0.3) is 5.91 Å². The number of hydrogen-bond donors (Lipinski definition) is 5. The number of urea groups is 1. The summed E-state index contributed by atoms with van der Waals surface area (Å²) in [5, 5.41) is 24.4. The number of amides is 3. The maximum atomic E-state index is 11.9. The number of aliphatic hydroxyl groups excluding tert-OH is 1. The summed E-state index contributed by atoms with van der Waals surface area (Å²) in [7, 11) is 0. The van der Waals surface area contributed by atoms with Crippen LogP contribution in [0.4, 0.5) is 4.79 Å². The average molecular weight is 342 g/mol. The maximum Gasteiger partial charge on any atom is 0.314 e. The lowest BCUT2D eigenvalue weighted by Gasteiger charge is -2.26. The molecule has 2 saturated heterocycles. The van der Waals surface area contributed by atoms with E-state index in [0.29, 0.717) is 0 Å². The Morgan fingerprint density at radius 3 is 2.75 bits per heavy atom. The summed E-state index contributed by atoms with van der Waals surface area (Å²) in [5.74, 6) is -1.59. The third-order valence-corrected chi connectivity index (χ3v) is 3.61. The molecule has 0 bridgehead atoms. The topological polar surface area (TPSA) is 174 Å². The highest BCUT2D eigenvalue weighted by Crippen LogP contribution is 2.38. The van der Waals surface area contributed by atoms with Gasteiger partial charge in [-0.15, -0.1) is 0 Å². The van der Waals surface area contributed by atoms with Gasteiger partial charge in [-0.3, -0.25) is 4.79 Å². The lowest BCUT2D eigenvalue weighted by molar-refractivity contribution is -0.200. The van der Waals surface area contributed by atoms with Crippen LogP contribution in [0.2, 0.25) is 0 Å². The van der Waals surface area contributed by atoms with Crippen LogP contribution in [-0.2, 0) is 14.2 Å². The molecule has 0 aliphatic carbocycles. The molecule has 2 fully saturated rings. The molecule has 3 heterocycles. The third-order valence-electron chi connectivity index (χ3n) is 3.61. The molecule has 12 nitrogen and oxygen atoms in total. The SMILES string of the molecule is CC1(C)O[C@H]2[C@@H](O1)[C@H](NC(N)=O)O[C@@H]2[C@@H](O)NC(=O)c1cn[nH]n1. The van der Waals surface area contributed by atoms with E-state index < -0.39 is 48.5 Å². The van der Waals surface area contributed by atoms with Crippen LogP contribution in [0, 0.1) is 0 Å². The Bertz CT molecular complexity index is 622. The van der Waals surface area contributed by atoms with Crippen molar-refractivity contribution in [2.45, 2.75) is 50.4 Å². The monoisotopic (exact) mass is 342 g/mol. The zero-order chi connectivity index (χ0) is 17.5. The van der Waals surface area contributed by atoms with Crippen LogP contribution < -0.4 is 16.4 Å². The van der Waals surface area contributed by atoms with Crippen molar-refractivity contribution in [3.05, 3.63) is 11.9 Å². The summed E-state index contributed by atoms with van der Waals surface area (Å²) in [5.41, 5.74) is 5.11. The Hall–Kier alpha value is -2.28. The Labute approximate surface area is 136 Å². The van der Waals surface area contributed by atoms with Gasteiger partial charge in [0.15, 0.2) is 23.9 Å². The number of rotatable bonds is 4. The fourth-order valence-corrected chi connectivity index (χ4v) is 2.74. The largest absolute Gasteiger partial charge is 0.371 e. The van der Waals surface area contributed by atoms with Crippen LogP contribution in [0.3, 0.4) is 0 Å². The molecule has 1 aromatic heterocycles. The first-order chi connectivity index (χ1) is 11.3. The van der Waals surface area contributed by atoms with Gasteiger partial charge in [0.2, 0.25) is 0 Å². The number of fused-ring (bicyclic) bond motifs is 1. The molecule has 0 saturated carbocycles. The van der Waals surface area contributed by atoms with E-state index in [1.165, 1.54) is 6.20 Å². The molecule has 2 aliphatic heterocycles. The predicted octanol–water partition coefficient (Wildman–Crippen LogP) is -2.23. The predicted molar refractivity (Wildman–Crippen MR) is 75.1 cm³/mol. The van der Waals surface area contributed by atoms with Gasteiger partial charge in [0, 0.05) is 0 Å². The van der Waals surface area contributed by atoms with Crippen LogP contribution in [0.1, 0.15) is 24.3 Å². The second-order valence-electron chi connectivity index (χ2n) is 5.87. The summed E-state index contributed by atoms with van der Waals surface area (Å²) in [4.78, 5) is 23.0. The smallest absolute Gasteiger partial charge is 0.314 e. The Kier molecular flexibility index (Phi) is 4.13. The molecule has 0 spiro atoms. The van der Waals surface area contributed by atoms with Crippen molar-refractivity contribution in [2.75, 3.05) is 0 Å². The number of nitrogens with zero attached hydrogens (tertiary/aromatic N) is 2. The number of aromatic nitrogens is 3. The highest BCUT2D eigenvalue weighted by atomic mass is 16.8. The number of H-pyrrole nitrogens is 1. The van der Waals surface area contributed by atoms with E-state index in [1.807, 2.05) is 0 Å². The van der Waals surface area contributed by atoms with E-state index in [4.69, 9.17) is 19.9 Å². The zero-order valence-electron chi connectivity index (χ0n) is 12.9. The molecule has 24 heavy (non-hydrogen) atoms. The Balaban J connectivity index is 1.72. The molecule has 0 unspecified atom stereocenters. The van der Waals surface area contributed by atoms with E-state index in [0.717, 1.165) is 0 Å². The van der Waals surface area contributed by atoms with Crippen molar-refractivity contribution in [1.82, 2.24) is 26.0 Å². The number of ether oxygens (including phenoxy) is 3. The normalized spacial score (nSPS) is 32.1. The van der Waals surface area contributed by atoms with Crippen molar-refractivity contribution in [3.63, 3.8) is 0 Å². The van der Waals surface area contributed by atoms with E-state index in [2.05, 4.69) is 26.0 Å². The van der Waals surface area contributed by atoms with Crippen LogP contribution >= 0.6 is 0 Å². The zero-order valence-corrected chi connectivity index (χ0v) is 12.9. The number of nitrogens with one attached hydrogen (secondary N) is 3. The Morgan fingerprint density at radius 1 is 1.42 bits per heavy atom. The van der Waals surface area contributed by atoms with E-state index in [-0.39, 0.29) is 5.69 Å². The number of nitrogens with two attached hydrogens (primary N) is 1. The number of primary amides is 1. The lowest BCUT2D eigenvalue weighted by Crippen LogP contribution is -2.49. The molecular weight excluding hydrogens is 324 g/mol. The first-order valence-corrected chi connectivity index (χ1v) is 7.18. The van der Waals surface area contributed by atoms with E-state index >= 15 is 0 Å². The highest BCUT2D eigenvalue weighted by molar-refractivity contribution is 5.91. The Morgan fingerprint density at radius 2 is 2.12 bits per heavy atom. The number of carbonyl (C=O) groups is 2. The van der Waals surface area contributed by atoms with Gasteiger partial charge in [-0.2, -0.15) is 15.4 Å². The van der Waals surface area contributed by atoms with E-state index in [1.54, 1.807) is 13.8 Å². The van der Waals surface area contributed by atoms with Gasteiger partial charge < -0.3 is 35.7 Å². The average Bonchev–Trinajstić information content (AvgIpc) is 3.15. The summed E-state index contributed by atoms with van der Waals surface area (Å²) in [6.45, 7) is 3.37. The number of aliphatic hydroxyl groups is 1. The first kappa shape index (κ1) is 16.6. The number of aromatic amines is 1. The molecule has 1 aromatic rings. The molecule has 0 aromatic carbocycles. The third kappa shape index (κ3) is 3.17. The second-order valence-corrected chi connectivity index (χ2v) is 5.87. The molecule has 6 N–H and O–H groups in total. The van der Waals surface area contributed by atoms with Crippen molar-refractivity contribution in [2.24, 2.45) is 5.73 Å². The van der Waals surface area contributed by atoms with Gasteiger partial charge in [0.05, 0.1) is 6.20 Å². The van der Waals surface area contributed by atoms with Gasteiger partial charge in [-0.05, 0) is 13.8 Å².